The number of rotatable bonds is 3. The highest BCUT2D eigenvalue weighted by Crippen LogP contribution is 2.27. The Morgan fingerprint density at radius 3 is 2.91 bits per heavy atom. The second-order valence-electron chi connectivity index (χ2n) is 6.75. The van der Waals surface area contributed by atoms with Crippen LogP contribution in [0.1, 0.15) is 22.5 Å². The Morgan fingerprint density at radius 1 is 1.48 bits per heavy atom. The van der Waals surface area contributed by atoms with E-state index in [1.54, 1.807) is 11.0 Å². The summed E-state index contributed by atoms with van der Waals surface area (Å²) in [5, 5.41) is 11.3. The van der Waals surface area contributed by atoms with Gasteiger partial charge in [-0.15, -0.1) is 0 Å². The van der Waals surface area contributed by atoms with Crippen molar-refractivity contribution in [1.82, 2.24) is 14.8 Å². The average molecular weight is 319 g/mol. The molecule has 3 rings (SSSR count). The summed E-state index contributed by atoms with van der Waals surface area (Å²) in [6.07, 6.45) is 0.560. The molecule has 2 N–H and O–H groups in total. The van der Waals surface area contributed by atoms with Crippen molar-refractivity contribution in [3.8, 4) is 0 Å². The van der Waals surface area contributed by atoms with Crippen molar-refractivity contribution in [2.75, 3.05) is 33.7 Å². The molecule has 1 aromatic carbocycles. The number of carbonyl (C=O) groups is 1. The number of aliphatic hydroxyl groups is 1. The summed E-state index contributed by atoms with van der Waals surface area (Å²) in [5.74, 6) is -0.464. The summed E-state index contributed by atoms with van der Waals surface area (Å²) in [6, 6.07) is 4.45. The van der Waals surface area contributed by atoms with Crippen molar-refractivity contribution >= 4 is 16.8 Å². The van der Waals surface area contributed by atoms with Gasteiger partial charge in [0.1, 0.15) is 11.5 Å². The highest BCUT2D eigenvalue weighted by atomic mass is 19.1. The van der Waals surface area contributed by atoms with Crippen LogP contribution in [0.3, 0.4) is 0 Å². The molecule has 0 aliphatic carbocycles. The predicted octanol–water partition coefficient (Wildman–Crippen LogP) is 1.75. The molecule has 23 heavy (non-hydrogen) atoms. The predicted molar refractivity (Wildman–Crippen MR) is 87.0 cm³/mol. The molecule has 0 radical (unpaired) electrons. The molecule has 0 bridgehead atoms. The number of aromatic nitrogens is 1. The standard InChI is InChI=1S/C17H22FN3O2/c1-11-13-8-12(18)4-5-14(13)19-15(11)16(22)21-7-6-17(23,10-21)9-20(2)3/h4-5,8,19,23H,6-7,9-10H2,1-3H3/t17-/m1/s1. The zero-order valence-corrected chi connectivity index (χ0v) is 13.7. The number of aryl methyl sites for hydroxylation is 1. The maximum absolute atomic E-state index is 13.4. The SMILES string of the molecule is Cc1c(C(=O)N2CC[C@@](O)(CN(C)C)C2)[nH]c2ccc(F)cc12. The van der Waals surface area contributed by atoms with Crippen LogP contribution >= 0.6 is 0 Å². The lowest BCUT2D eigenvalue weighted by atomic mass is 10.0. The molecule has 1 atom stereocenters. The highest BCUT2D eigenvalue weighted by molar-refractivity contribution is 6.01. The molecule has 1 aliphatic heterocycles. The van der Waals surface area contributed by atoms with E-state index in [4.69, 9.17) is 0 Å². The third kappa shape index (κ3) is 2.96. The molecule has 1 saturated heterocycles. The molecule has 0 unspecified atom stereocenters. The number of nitrogens with one attached hydrogen (secondary N) is 1. The fourth-order valence-electron chi connectivity index (χ4n) is 3.42. The summed E-state index contributed by atoms with van der Waals surface area (Å²) < 4.78 is 13.4. The van der Waals surface area contributed by atoms with Gasteiger partial charge >= 0.3 is 0 Å². The molecule has 5 nitrogen and oxygen atoms in total. The van der Waals surface area contributed by atoms with E-state index >= 15 is 0 Å². The van der Waals surface area contributed by atoms with Crippen LogP contribution in [0.2, 0.25) is 0 Å². The van der Waals surface area contributed by atoms with Crippen LogP contribution in [0.5, 0.6) is 0 Å². The van der Waals surface area contributed by atoms with Gasteiger partial charge in [0.2, 0.25) is 0 Å². The first-order chi connectivity index (χ1) is 10.8. The third-order valence-corrected chi connectivity index (χ3v) is 4.46. The molecule has 1 aliphatic rings. The number of H-pyrrole nitrogens is 1. The van der Waals surface area contributed by atoms with Gasteiger partial charge in [-0.25, -0.2) is 4.39 Å². The molecule has 0 saturated carbocycles. The fraction of sp³-hybridized carbons (Fsp3) is 0.471. The first-order valence-corrected chi connectivity index (χ1v) is 7.73. The van der Waals surface area contributed by atoms with Gasteiger partial charge in [0.15, 0.2) is 0 Å². The summed E-state index contributed by atoms with van der Waals surface area (Å²) in [5.41, 5.74) is 1.09. The maximum atomic E-state index is 13.4. The Kier molecular flexibility index (Phi) is 3.90. The van der Waals surface area contributed by atoms with Crippen molar-refractivity contribution in [3.05, 3.63) is 35.3 Å². The van der Waals surface area contributed by atoms with E-state index in [1.165, 1.54) is 12.1 Å². The second kappa shape index (κ2) is 5.62. The molecule has 6 heteroatoms. The lowest BCUT2D eigenvalue weighted by Crippen LogP contribution is -2.43. The van der Waals surface area contributed by atoms with Crippen LogP contribution in [0, 0.1) is 12.7 Å². The molecule has 2 heterocycles. The fourth-order valence-corrected chi connectivity index (χ4v) is 3.42. The molecule has 1 fully saturated rings. The van der Waals surface area contributed by atoms with Crippen molar-refractivity contribution in [3.63, 3.8) is 0 Å². The van der Waals surface area contributed by atoms with E-state index in [0.717, 1.165) is 16.5 Å². The van der Waals surface area contributed by atoms with Gasteiger partial charge in [-0.05, 0) is 51.2 Å². The van der Waals surface area contributed by atoms with Gasteiger partial charge in [0.05, 0.1) is 12.1 Å². The van der Waals surface area contributed by atoms with E-state index in [-0.39, 0.29) is 11.7 Å². The Bertz CT molecular complexity index is 756. The molecular weight excluding hydrogens is 297 g/mol. The van der Waals surface area contributed by atoms with E-state index < -0.39 is 5.60 Å². The summed E-state index contributed by atoms with van der Waals surface area (Å²) in [4.78, 5) is 19.4. The number of amides is 1. The first kappa shape index (κ1) is 16.0. The van der Waals surface area contributed by atoms with Crippen LogP contribution < -0.4 is 0 Å². The minimum Gasteiger partial charge on any atom is -0.387 e. The summed E-state index contributed by atoms with van der Waals surface area (Å²) >= 11 is 0. The van der Waals surface area contributed by atoms with Crippen molar-refractivity contribution in [2.24, 2.45) is 0 Å². The quantitative estimate of drug-likeness (QED) is 0.906. The zero-order chi connectivity index (χ0) is 16.8. The Morgan fingerprint density at radius 2 is 2.22 bits per heavy atom. The summed E-state index contributed by atoms with van der Waals surface area (Å²) in [6.45, 7) is 3.17. The highest BCUT2D eigenvalue weighted by Gasteiger charge is 2.39. The topological polar surface area (TPSA) is 59.6 Å². The van der Waals surface area contributed by atoms with Crippen molar-refractivity contribution in [2.45, 2.75) is 18.9 Å². The number of carbonyl (C=O) groups excluding carboxylic acids is 1. The van der Waals surface area contributed by atoms with E-state index in [2.05, 4.69) is 4.98 Å². The molecule has 124 valence electrons. The number of aromatic amines is 1. The number of nitrogens with zero attached hydrogens (tertiary/aromatic N) is 2. The molecule has 2 aromatic rings. The van der Waals surface area contributed by atoms with Crippen LogP contribution in [-0.2, 0) is 0 Å². The minimum absolute atomic E-state index is 0.145. The van der Waals surface area contributed by atoms with Crippen LogP contribution in [-0.4, -0.2) is 65.1 Å². The molecule has 1 aromatic heterocycles. The number of benzene rings is 1. The second-order valence-corrected chi connectivity index (χ2v) is 6.75. The average Bonchev–Trinajstić information content (AvgIpc) is 2.99. The van der Waals surface area contributed by atoms with E-state index in [0.29, 0.717) is 31.7 Å². The third-order valence-electron chi connectivity index (χ3n) is 4.46. The Labute approximate surface area is 134 Å². The van der Waals surface area contributed by atoms with Crippen LogP contribution in [0.4, 0.5) is 4.39 Å². The van der Waals surface area contributed by atoms with Crippen LogP contribution in [0.15, 0.2) is 18.2 Å². The Hall–Kier alpha value is -1.92. The van der Waals surface area contributed by atoms with Crippen molar-refractivity contribution in [1.29, 1.82) is 0 Å². The van der Waals surface area contributed by atoms with Gasteiger partial charge in [-0.2, -0.15) is 0 Å². The van der Waals surface area contributed by atoms with Crippen molar-refractivity contribution < 1.29 is 14.3 Å². The number of hydrogen-bond donors (Lipinski definition) is 2. The van der Waals surface area contributed by atoms with E-state index in [9.17, 15) is 14.3 Å². The number of β-amino-alcohol motifs (C(OH)–C–C–N with tert-alkyl or cyclic N) is 1. The number of fused-ring (bicyclic) bond motifs is 1. The van der Waals surface area contributed by atoms with Gasteiger partial charge in [0.25, 0.3) is 5.91 Å². The number of halogens is 1. The van der Waals surface area contributed by atoms with E-state index in [1.807, 2.05) is 25.9 Å². The molecule has 0 spiro atoms. The monoisotopic (exact) mass is 319 g/mol. The van der Waals surface area contributed by atoms with Gasteiger partial charge in [-0.3, -0.25) is 4.79 Å². The first-order valence-electron chi connectivity index (χ1n) is 7.73. The number of likely N-dealkylation sites (tertiary alicyclic amines) is 1. The molecule has 1 amide bonds. The number of likely N-dealkylation sites (N-methyl/N-ethyl adjacent to an activating group) is 1. The zero-order valence-electron chi connectivity index (χ0n) is 13.7. The lowest BCUT2D eigenvalue weighted by Gasteiger charge is -2.26. The smallest absolute Gasteiger partial charge is 0.270 e. The van der Waals surface area contributed by atoms with Crippen LogP contribution in [0.25, 0.3) is 10.9 Å². The lowest BCUT2D eigenvalue weighted by molar-refractivity contribution is 0.0235. The minimum atomic E-state index is -0.870. The largest absolute Gasteiger partial charge is 0.387 e. The van der Waals surface area contributed by atoms with Gasteiger partial charge < -0.3 is 19.9 Å². The number of hydrogen-bond acceptors (Lipinski definition) is 3. The normalized spacial score (nSPS) is 21.6. The van der Waals surface area contributed by atoms with Gasteiger partial charge in [-0.1, -0.05) is 0 Å². The Balaban J connectivity index is 1.86. The molecular formula is C17H22FN3O2. The summed E-state index contributed by atoms with van der Waals surface area (Å²) in [7, 11) is 3.80. The maximum Gasteiger partial charge on any atom is 0.270 e. The van der Waals surface area contributed by atoms with Gasteiger partial charge in [0, 0.05) is 24.0 Å².